The van der Waals surface area contributed by atoms with Crippen molar-refractivity contribution in [2.24, 2.45) is 0 Å². The molecular weight excluding hydrogens is 196 g/mol. The molecule has 1 rings (SSSR count). The van der Waals surface area contributed by atoms with Crippen molar-refractivity contribution < 1.29 is 18.7 Å². The summed E-state index contributed by atoms with van der Waals surface area (Å²) in [5.41, 5.74) is 0.0961. The molecule has 5 nitrogen and oxygen atoms in total. The summed E-state index contributed by atoms with van der Waals surface area (Å²) >= 11 is 0. The highest BCUT2D eigenvalue weighted by Gasteiger charge is 2.28. The Balaban J connectivity index is 2.43. The van der Waals surface area contributed by atoms with Crippen molar-refractivity contribution >= 4 is 5.91 Å². The highest BCUT2D eigenvalue weighted by atomic mass is 19.3. The number of nitrogens with one attached hydrogen (secondary N) is 2. The van der Waals surface area contributed by atoms with Gasteiger partial charge in [-0.3, -0.25) is 9.89 Å². The Morgan fingerprint density at radius 3 is 2.93 bits per heavy atom. The Labute approximate surface area is 78.1 Å². The van der Waals surface area contributed by atoms with E-state index in [0.29, 0.717) is 0 Å². The van der Waals surface area contributed by atoms with Gasteiger partial charge in [0, 0.05) is 6.20 Å². The van der Waals surface area contributed by atoms with Gasteiger partial charge in [0.1, 0.15) is 12.3 Å². The molecule has 0 unspecified atom stereocenters. The number of alkyl halides is 2. The first-order valence-corrected chi connectivity index (χ1v) is 3.81. The van der Waals surface area contributed by atoms with Crippen molar-refractivity contribution in [3.8, 4) is 0 Å². The molecule has 0 bridgehead atoms. The molecule has 0 aromatic carbocycles. The Morgan fingerprint density at radius 1 is 1.71 bits per heavy atom. The number of aromatic amines is 1. The molecule has 7 heteroatoms. The molecular formula is C7H9F2N3O2. The molecule has 1 heterocycles. The van der Waals surface area contributed by atoms with Crippen LogP contribution in [-0.2, 0) is 0 Å². The summed E-state index contributed by atoms with van der Waals surface area (Å²) in [7, 11) is 0. The lowest BCUT2D eigenvalue weighted by Gasteiger charge is -2.13. The topological polar surface area (TPSA) is 78.0 Å². The maximum atomic E-state index is 12.5. The van der Waals surface area contributed by atoms with Gasteiger partial charge in [0.25, 0.3) is 11.8 Å². The first kappa shape index (κ1) is 10.6. The average molecular weight is 205 g/mol. The maximum Gasteiger partial charge on any atom is 0.287 e. The Kier molecular flexibility index (Phi) is 3.13. The van der Waals surface area contributed by atoms with Crippen LogP contribution in [0.1, 0.15) is 10.5 Å². The molecule has 3 N–H and O–H groups in total. The fraction of sp³-hybridized carbons (Fsp3) is 0.429. The number of hydrogen-bond donors (Lipinski definition) is 3. The van der Waals surface area contributed by atoms with E-state index < -0.39 is 25.0 Å². The summed E-state index contributed by atoms with van der Waals surface area (Å²) in [6.07, 6.45) is 1.33. The summed E-state index contributed by atoms with van der Waals surface area (Å²) in [5, 5.41) is 16.0. The predicted octanol–water partition coefficient (Wildman–Crippen LogP) is -0.233. The van der Waals surface area contributed by atoms with Crippen LogP contribution in [0.25, 0.3) is 0 Å². The lowest BCUT2D eigenvalue weighted by molar-refractivity contribution is -0.0462. The Bertz CT molecular complexity index is 300. The molecule has 0 aliphatic rings. The minimum atomic E-state index is -3.30. The van der Waals surface area contributed by atoms with Gasteiger partial charge in [-0.15, -0.1) is 0 Å². The van der Waals surface area contributed by atoms with E-state index in [2.05, 4.69) is 10.2 Å². The molecule has 0 radical (unpaired) electrons. The number of aliphatic hydroxyl groups is 1. The summed E-state index contributed by atoms with van der Waals surface area (Å²) in [6, 6.07) is 1.35. The Hall–Kier alpha value is -1.50. The molecule has 14 heavy (non-hydrogen) atoms. The number of H-pyrrole nitrogens is 1. The SMILES string of the molecule is O=C(NCC(F)(F)CO)c1ccn[nH]1. The number of rotatable bonds is 4. The van der Waals surface area contributed by atoms with Gasteiger partial charge in [0.05, 0.1) is 6.54 Å². The van der Waals surface area contributed by atoms with E-state index >= 15 is 0 Å². The van der Waals surface area contributed by atoms with Gasteiger partial charge in [-0.25, -0.2) is 8.78 Å². The fourth-order valence-electron chi connectivity index (χ4n) is 0.743. The smallest absolute Gasteiger partial charge is 0.287 e. The molecule has 0 fully saturated rings. The zero-order valence-corrected chi connectivity index (χ0v) is 7.13. The van der Waals surface area contributed by atoms with Crippen molar-refractivity contribution in [2.75, 3.05) is 13.2 Å². The average Bonchev–Trinajstić information content (AvgIpc) is 2.67. The number of halogens is 2. The third kappa shape index (κ3) is 2.77. The number of aromatic nitrogens is 2. The molecule has 0 saturated heterocycles. The number of hydrogen-bond acceptors (Lipinski definition) is 3. The predicted molar refractivity (Wildman–Crippen MR) is 43.0 cm³/mol. The van der Waals surface area contributed by atoms with Gasteiger partial charge in [0.2, 0.25) is 0 Å². The van der Waals surface area contributed by atoms with Crippen molar-refractivity contribution in [2.45, 2.75) is 5.92 Å². The second-order valence-corrected chi connectivity index (χ2v) is 2.67. The highest BCUT2D eigenvalue weighted by molar-refractivity contribution is 5.92. The van der Waals surface area contributed by atoms with E-state index in [-0.39, 0.29) is 5.69 Å². The van der Waals surface area contributed by atoms with E-state index in [1.54, 1.807) is 0 Å². The molecule has 1 aromatic rings. The second kappa shape index (κ2) is 4.14. The van der Waals surface area contributed by atoms with E-state index in [1.165, 1.54) is 12.3 Å². The van der Waals surface area contributed by atoms with Gasteiger partial charge in [-0.2, -0.15) is 5.10 Å². The molecule has 1 amide bonds. The minimum Gasteiger partial charge on any atom is -0.390 e. The van der Waals surface area contributed by atoms with Crippen LogP contribution in [-0.4, -0.2) is 40.3 Å². The number of nitrogens with zero attached hydrogens (tertiary/aromatic N) is 1. The standard InChI is InChI=1S/C7H9F2N3O2/c8-7(9,4-13)3-10-6(14)5-1-2-11-12-5/h1-2,13H,3-4H2,(H,10,14)(H,11,12). The summed E-state index contributed by atoms with van der Waals surface area (Å²) in [4.78, 5) is 11.1. The lowest BCUT2D eigenvalue weighted by Crippen LogP contribution is -2.39. The van der Waals surface area contributed by atoms with Gasteiger partial charge < -0.3 is 10.4 Å². The quantitative estimate of drug-likeness (QED) is 0.635. The lowest BCUT2D eigenvalue weighted by atomic mass is 10.3. The Morgan fingerprint density at radius 2 is 2.43 bits per heavy atom. The third-order valence-corrected chi connectivity index (χ3v) is 1.48. The fourth-order valence-corrected chi connectivity index (χ4v) is 0.743. The molecule has 0 saturated carbocycles. The summed E-state index contributed by atoms with van der Waals surface area (Å²) in [6.45, 7) is -2.20. The first-order chi connectivity index (χ1) is 6.55. The van der Waals surface area contributed by atoms with Gasteiger partial charge >= 0.3 is 0 Å². The van der Waals surface area contributed by atoms with E-state index in [9.17, 15) is 13.6 Å². The van der Waals surface area contributed by atoms with Crippen molar-refractivity contribution in [3.05, 3.63) is 18.0 Å². The molecule has 0 aliphatic carbocycles. The maximum absolute atomic E-state index is 12.5. The van der Waals surface area contributed by atoms with Crippen molar-refractivity contribution in [1.82, 2.24) is 15.5 Å². The van der Waals surface area contributed by atoms with Crippen LogP contribution in [0.15, 0.2) is 12.3 Å². The first-order valence-electron chi connectivity index (χ1n) is 3.81. The summed E-state index contributed by atoms with van der Waals surface area (Å²) < 4.78 is 24.9. The second-order valence-electron chi connectivity index (χ2n) is 2.67. The van der Waals surface area contributed by atoms with E-state index in [0.717, 1.165) is 0 Å². The number of amides is 1. The van der Waals surface area contributed by atoms with Crippen LogP contribution < -0.4 is 5.32 Å². The van der Waals surface area contributed by atoms with Crippen LogP contribution in [0.5, 0.6) is 0 Å². The highest BCUT2D eigenvalue weighted by Crippen LogP contribution is 2.09. The molecule has 0 spiro atoms. The largest absolute Gasteiger partial charge is 0.390 e. The van der Waals surface area contributed by atoms with Gasteiger partial charge in [0.15, 0.2) is 0 Å². The molecule has 1 aromatic heterocycles. The molecule has 0 atom stereocenters. The van der Waals surface area contributed by atoms with Crippen LogP contribution in [0.4, 0.5) is 8.78 Å². The molecule has 78 valence electrons. The van der Waals surface area contributed by atoms with Crippen LogP contribution in [0.2, 0.25) is 0 Å². The monoisotopic (exact) mass is 205 g/mol. The van der Waals surface area contributed by atoms with Gasteiger partial charge in [-0.05, 0) is 6.07 Å². The normalized spacial score (nSPS) is 11.4. The van der Waals surface area contributed by atoms with Crippen LogP contribution in [0, 0.1) is 0 Å². The summed E-state index contributed by atoms with van der Waals surface area (Å²) in [5.74, 6) is -3.98. The van der Waals surface area contributed by atoms with E-state index in [4.69, 9.17) is 5.11 Å². The third-order valence-electron chi connectivity index (χ3n) is 1.48. The van der Waals surface area contributed by atoms with Crippen LogP contribution >= 0.6 is 0 Å². The van der Waals surface area contributed by atoms with Gasteiger partial charge in [-0.1, -0.05) is 0 Å². The van der Waals surface area contributed by atoms with E-state index in [1.807, 2.05) is 5.32 Å². The number of carbonyl (C=O) groups excluding carboxylic acids is 1. The number of carbonyl (C=O) groups is 1. The van der Waals surface area contributed by atoms with Crippen molar-refractivity contribution in [3.63, 3.8) is 0 Å². The minimum absolute atomic E-state index is 0.0961. The van der Waals surface area contributed by atoms with Crippen LogP contribution in [0.3, 0.4) is 0 Å². The zero-order chi connectivity index (χ0) is 10.6. The van der Waals surface area contributed by atoms with Crippen molar-refractivity contribution in [1.29, 1.82) is 0 Å². The molecule has 0 aliphatic heterocycles. The zero-order valence-electron chi connectivity index (χ0n) is 7.13. The number of aliphatic hydroxyl groups excluding tert-OH is 1.